The maximum atomic E-state index is 12.2. The summed E-state index contributed by atoms with van der Waals surface area (Å²) in [6.45, 7) is 1.69. The predicted molar refractivity (Wildman–Crippen MR) is 73.2 cm³/mol. The highest BCUT2D eigenvalue weighted by Crippen LogP contribution is 2.22. The molecule has 5 nitrogen and oxygen atoms in total. The van der Waals surface area contributed by atoms with Crippen molar-refractivity contribution in [3.05, 3.63) is 35.4 Å². The van der Waals surface area contributed by atoms with Gasteiger partial charge in [-0.3, -0.25) is 19.4 Å². The molecule has 20 heavy (non-hydrogen) atoms. The van der Waals surface area contributed by atoms with Gasteiger partial charge in [-0.25, -0.2) is 0 Å². The van der Waals surface area contributed by atoms with Gasteiger partial charge in [-0.1, -0.05) is 12.1 Å². The number of aliphatic hydroxyl groups is 1. The third kappa shape index (κ3) is 2.23. The highest BCUT2D eigenvalue weighted by molar-refractivity contribution is 6.21. The van der Waals surface area contributed by atoms with E-state index in [2.05, 4.69) is 0 Å². The van der Waals surface area contributed by atoms with Crippen LogP contribution in [-0.4, -0.2) is 52.6 Å². The van der Waals surface area contributed by atoms with E-state index in [0.717, 1.165) is 25.8 Å². The Bertz CT molecular complexity index is 509. The van der Waals surface area contributed by atoms with E-state index in [-0.39, 0.29) is 11.8 Å². The fourth-order valence-electron chi connectivity index (χ4n) is 2.90. The Hall–Kier alpha value is -1.72. The maximum absolute atomic E-state index is 12.2. The van der Waals surface area contributed by atoms with E-state index >= 15 is 0 Å². The normalized spacial score (nSPS) is 23.2. The molecule has 0 aromatic heterocycles. The molecule has 2 amide bonds. The number of carbonyl (C=O) groups is 2. The summed E-state index contributed by atoms with van der Waals surface area (Å²) in [5.41, 5.74) is 0.966. The molecule has 1 N–H and O–H groups in total. The monoisotopic (exact) mass is 274 g/mol. The number of nitrogens with zero attached hydrogens (tertiary/aromatic N) is 2. The average Bonchev–Trinajstić information content (AvgIpc) is 2.71. The molecule has 2 aliphatic heterocycles. The van der Waals surface area contributed by atoms with E-state index in [1.54, 1.807) is 24.3 Å². The topological polar surface area (TPSA) is 60.9 Å². The summed E-state index contributed by atoms with van der Waals surface area (Å²) in [5.74, 6) is -0.450. The minimum atomic E-state index is -0.445. The number of hydrogen-bond donors (Lipinski definition) is 1. The van der Waals surface area contributed by atoms with E-state index in [9.17, 15) is 14.7 Å². The summed E-state index contributed by atoms with van der Waals surface area (Å²) in [5, 5.41) is 9.89. The second kappa shape index (κ2) is 5.34. The lowest BCUT2D eigenvalue weighted by atomic mass is 10.1. The summed E-state index contributed by atoms with van der Waals surface area (Å²) in [6, 6.07) is 6.90. The summed E-state index contributed by atoms with van der Waals surface area (Å²) < 4.78 is 0. The first-order chi connectivity index (χ1) is 9.68. The molecule has 0 saturated carbocycles. The Kier molecular flexibility index (Phi) is 3.54. The van der Waals surface area contributed by atoms with Gasteiger partial charge in [-0.2, -0.15) is 0 Å². The maximum Gasteiger partial charge on any atom is 0.261 e. The van der Waals surface area contributed by atoms with Crippen molar-refractivity contribution < 1.29 is 14.7 Å². The first kappa shape index (κ1) is 13.3. The minimum absolute atomic E-state index is 0.225. The lowest BCUT2D eigenvalue weighted by Crippen LogP contribution is -2.45. The highest BCUT2D eigenvalue weighted by Gasteiger charge is 2.35. The van der Waals surface area contributed by atoms with Crippen LogP contribution in [0.2, 0.25) is 0 Å². The number of rotatable bonds is 3. The molecule has 0 spiro atoms. The molecular formula is C15H18N2O3. The zero-order valence-corrected chi connectivity index (χ0v) is 11.3. The molecule has 5 heteroatoms. The fraction of sp³-hybridized carbons (Fsp3) is 0.467. The number of benzene rings is 1. The van der Waals surface area contributed by atoms with Gasteiger partial charge in [0.15, 0.2) is 0 Å². The van der Waals surface area contributed by atoms with E-state index in [1.165, 1.54) is 4.90 Å². The number of piperidine rings is 1. The molecule has 2 heterocycles. The Morgan fingerprint density at radius 3 is 2.30 bits per heavy atom. The Morgan fingerprint density at radius 1 is 1.05 bits per heavy atom. The molecule has 0 aliphatic carbocycles. The average molecular weight is 274 g/mol. The first-order valence-corrected chi connectivity index (χ1v) is 7.06. The van der Waals surface area contributed by atoms with Gasteiger partial charge in [-0.05, 0) is 31.4 Å². The number of carbonyl (C=O) groups excluding carboxylic acids is 2. The van der Waals surface area contributed by atoms with Crippen molar-refractivity contribution in [1.82, 2.24) is 9.80 Å². The molecule has 1 saturated heterocycles. The number of imide groups is 1. The Balaban J connectivity index is 1.67. The largest absolute Gasteiger partial charge is 0.378 e. The summed E-state index contributed by atoms with van der Waals surface area (Å²) >= 11 is 0. The van der Waals surface area contributed by atoms with Crippen LogP contribution >= 0.6 is 0 Å². The number of aliphatic hydroxyl groups excluding tert-OH is 1. The van der Waals surface area contributed by atoms with Crippen LogP contribution in [0.15, 0.2) is 24.3 Å². The minimum Gasteiger partial charge on any atom is -0.378 e. The standard InChI is InChI=1S/C15H18N2O3/c18-13-7-3-4-8-16(13)9-10-17-14(19)11-5-1-2-6-12(11)15(17)20/h1-2,5-6,13,18H,3-4,7-10H2. The molecule has 1 unspecified atom stereocenters. The van der Waals surface area contributed by atoms with E-state index in [4.69, 9.17) is 0 Å². The number of amides is 2. The third-order valence-electron chi connectivity index (χ3n) is 4.07. The van der Waals surface area contributed by atoms with Crippen LogP contribution in [0.3, 0.4) is 0 Å². The van der Waals surface area contributed by atoms with Crippen molar-refractivity contribution in [1.29, 1.82) is 0 Å². The number of fused-ring (bicyclic) bond motifs is 1. The van der Waals surface area contributed by atoms with Crippen molar-refractivity contribution in [3.8, 4) is 0 Å². The Morgan fingerprint density at radius 2 is 1.70 bits per heavy atom. The second-order valence-electron chi connectivity index (χ2n) is 5.32. The zero-order valence-electron chi connectivity index (χ0n) is 11.3. The summed E-state index contributed by atoms with van der Waals surface area (Å²) in [7, 11) is 0. The van der Waals surface area contributed by atoms with Gasteiger partial charge in [0.05, 0.1) is 11.1 Å². The summed E-state index contributed by atoms with van der Waals surface area (Å²) in [6.07, 6.45) is 2.41. The van der Waals surface area contributed by atoms with Crippen molar-refractivity contribution in [2.75, 3.05) is 19.6 Å². The van der Waals surface area contributed by atoms with E-state index in [1.807, 2.05) is 4.90 Å². The van der Waals surface area contributed by atoms with Crippen molar-refractivity contribution >= 4 is 11.8 Å². The lowest BCUT2D eigenvalue weighted by Gasteiger charge is -2.32. The van der Waals surface area contributed by atoms with Gasteiger partial charge >= 0.3 is 0 Å². The molecule has 106 valence electrons. The fourth-order valence-corrected chi connectivity index (χ4v) is 2.90. The number of hydrogen-bond acceptors (Lipinski definition) is 4. The number of likely N-dealkylation sites (tertiary alicyclic amines) is 1. The van der Waals surface area contributed by atoms with Crippen LogP contribution in [0.4, 0.5) is 0 Å². The molecular weight excluding hydrogens is 256 g/mol. The zero-order chi connectivity index (χ0) is 14.1. The molecule has 0 radical (unpaired) electrons. The van der Waals surface area contributed by atoms with Crippen LogP contribution in [0.1, 0.15) is 40.0 Å². The van der Waals surface area contributed by atoms with Crippen LogP contribution in [0.5, 0.6) is 0 Å². The van der Waals surface area contributed by atoms with Crippen molar-refractivity contribution in [2.24, 2.45) is 0 Å². The SMILES string of the molecule is O=C1c2ccccc2C(=O)N1CCN1CCCCC1O. The van der Waals surface area contributed by atoms with Crippen LogP contribution < -0.4 is 0 Å². The van der Waals surface area contributed by atoms with E-state index in [0.29, 0.717) is 24.2 Å². The van der Waals surface area contributed by atoms with Gasteiger partial charge < -0.3 is 5.11 Å². The van der Waals surface area contributed by atoms with Crippen LogP contribution in [0, 0.1) is 0 Å². The van der Waals surface area contributed by atoms with E-state index < -0.39 is 6.23 Å². The molecule has 0 bridgehead atoms. The quantitative estimate of drug-likeness (QED) is 0.838. The molecule has 1 fully saturated rings. The molecule has 1 aromatic carbocycles. The lowest BCUT2D eigenvalue weighted by molar-refractivity contribution is -0.0260. The summed E-state index contributed by atoms with van der Waals surface area (Å²) in [4.78, 5) is 27.6. The van der Waals surface area contributed by atoms with Gasteiger partial charge in [-0.15, -0.1) is 0 Å². The van der Waals surface area contributed by atoms with Crippen LogP contribution in [-0.2, 0) is 0 Å². The second-order valence-corrected chi connectivity index (χ2v) is 5.32. The first-order valence-electron chi connectivity index (χ1n) is 7.06. The molecule has 2 aliphatic rings. The van der Waals surface area contributed by atoms with Crippen LogP contribution in [0.25, 0.3) is 0 Å². The Labute approximate surface area is 117 Å². The van der Waals surface area contributed by atoms with Gasteiger partial charge in [0, 0.05) is 19.6 Å². The third-order valence-corrected chi connectivity index (χ3v) is 4.07. The van der Waals surface area contributed by atoms with Gasteiger partial charge in [0.1, 0.15) is 6.23 Å². The van der Waals surface area contributed by atoms with Gasteiger partial charge in [0.25, 0.3) is 11.8 Å². The highest BCUT2D eigenvalue weighted by atomic mass is 16.3. The molecule has 1 aromatic rings. The van der Waals surface area contributed by atoms with Crippen molar-refractivity contribution in [2.45, 2.75) is 25.5 Å². The smallest absolute Gasteiger partial charge is 0.261 e. The predicted octanol–water partition coefficient (Wildman–Crippen LogP) is 1.09. The van der Waals surface area contributed by atoms with Gasteiger partial charge in [0.2, 0.25) is 0 Å². The van der Waals surface area contributed by atoms with Crippen molar-refractivity contribution in [3.63, 3.8) is 0 Å². The molecule has 3 rings (SSSR count). The molecule has 1 atom stereocenters.